The highest BCUT2D eigenvalue weighted by atomic mass is 19.4. The molecule has 2 nitrogen and oxygen atoms in total. The normalized spacial score (nSPS) is 11.4. The summed E-state index contributed by atoms with van der Waals surface area (Å²) in [6, 6.07) is 1.80. The fourth-order valence-corrected chi connectivity index (χ4v) is 0.726. The molecule has 0 aromatic carbocycles. The maximum Gasteiger partial charge on any atom is 0.417 e. The lowest BCUT2D eigenvalue weighted by atomic mass is 10.2. The lowest BCUT2D eigenvalue weighted by Gasteiger charge is -2.05. The average molecular weight is 188 g/mol. The van der Waals surface area contributed by atoms with Gasteiger partial charge in [0.2, 0.25) is 0 Å². The molecule has 0 bridgehead atoms. The predicted molar refractivity (Wildman–Crippen MR) is 38.9 cm³/mol. The van der Waals surface area contributed by atoms with E-state index in [2.05, 4.69) is 11.9 Å². The van der Waals surface area contributed by atoms with Crippen molar-refractivity contribution in [1.29, 1.82) is 0 Å². The van der Waals surface area contributed by atoms with Crippen molar-refractivity contribution in [3.8, 4) is 0 Å². The quantitative estimate of drug-likeness (QED) is 0.632. The molecule has 0 amide bonds. The minimum Gasteiger partial charge on any atom is -0.292 e. The molecule has 69 valence electrons. The second-order valence-electron chi connectivity index (χ2n) is 2.35. The lowest BCUT2D eigenvalue weighted by molar-refractivity contribution is -0.137. The summed E-state index contributed by atoms with van der Waals surface area (Å²) < 4.78 is 35.9. The Morgan fingerprint density at radius 3 is 2.31 bits per heavy atom. The van der Waals surface area contributed by atoms with Crippen molar-refractivity contribution < 1.29 is 18.0 Å². The van der Waals surface area contributed by atoms with Gasteiger partial charge < -0.3 is 0 Å². The second-order valence-corrected chi connectivity index (χ2v) is 2.35. The van der Waals surface area contributed by atoms with Crippen LogP contribution in [0.2, 0.25) is 0 Å². The monoisotopic (exact) mass is 188 g/mol. The van der Waals surface area contributed by atoms with Gasteiger partial charge in [0.05, 0.1) is 5.56 Å². The number of ketones is 1. The fraction of sp³-hybridized carbons (Fsp3) is 0.125. The molecular weight excluding hydrogens is 183 g/mol. The molecule has 0 aliphatic carbocycles. The molecule has 1 heterocycles. The zero-order chi connectivity index (χ0) is 10.1. The number of Topliss-reactive ketones (excluding diaryl/α,β-unsaturated/α-hetero) is 1. The summed E-state index contributed by atoms with van der Waals surface area (Å²) in [5, 5.41) is 0. The third-order valence-corrected chi connectivity index (χ3v) is 1.38. The standard InChI is InChI=1S/C8H5F3NO/c1-5(13)7-3-2-6(4-12-7)8(9,10)11/h2-4H,1H2. The maximum absolute atomic E-state index is 12.0. The summed E-state index contributed by atoms with van der Waals surface area (Å²) in [6.07, 6.45) is -3.81. The van der Waals surface area contributed by atoms with Crippen molar-refractivity contribution in [2.24, 2.45) is 0 Å². The predicted octanol–water partition coefficient (Wildman–Crippen LogP) is 2.12. The Labute approximate surface area is 72.4 Å². The van der Waals surface area contributed by atoms with E-state index in [4.69, 9.17) is 0 Å². The van der Waals surface area contributed by atoms with Crippen LogP contribution in [0.1, 0.15) is 16.1 Å². The van der Waals surface area contributed by atoms with Crippen LogP contribution in [0.3, 0.4) is 0 Å². The van der Waals surface area contributed by atoms with E-state index in [1.165, 1.54) is 0 Å². The molecule has 0 saturated carbocycles. The van der Waals surface area contributed by atoms with Crippen molar-refractivity contribution in [3.63, 3.8) is 0 Å². The lowest BCUT2D eigenvalue weighted by Crippen LogP contribution is -2.07. The molecule has 0 unspecified atom stereocenters. The molecule has 5 heteroatoms. The largest absolute Gasteiger partial charge is 0.417 e. The summed E-state index contributed by atoms with van der Waals surface area (Å²) in [6.45, 7) is 3.02. The Morgan fingerprint density at radius 2 is 2.00 bits per heavy atom. The summed E-state index contributed by atoms with van der Waals surface area (Å²) in [7, 11) is 0. The molecule has 1 rings (SSSR count). The first-order valence-corrected chi connectivity index (χ1v) is 3.31. The zero-order valence-corrected chi connectivity index (χ0v) is 6.43. The molecule has 13 heavy (non-hydrogen) atoms. The molecule has 0 aliphatic rings. The van der Waals surface area contributed by atoms with E-state index in [-0.39, 0.29) is 5.69 Å². The van der Waals surface area contributed by atoms with E-state index in [1.807, 2.05) is 0 Å². The number of alkyl halides is 3. The van der Waals surface area contributed by atoms with Crippen LogP contribution in [0.25, 0.3) is 0 Å². The Kier molecular flexibility index (Phi) is 2.36. The first-order valence-electron chi connectivity index (χ1n) is 3.31. The minimum atomic E-state index is -4.42. The number of pyridine rings is 1. The molecule has 0 spiro atoms. The topological polar surface area (TPSA) is 30.0 Å². The van der Waals surface area contributed by atoms with E-state index < -0.39 is 17.5 Å². The van der Waals surface area contributed by atoms with Crippen LogP contribution in [-0.2, 0) is 6.18 Å². The van der Waals surface area contributed by atoms with E-state index in [9.17, 15) is 18.0 Å². The summed E-state index contributed by atoms with van der Waals surface area (Å²) >= 11 is 0. The second kappa shape index (κ2) is 3.16. The number of hydrogen-bond acceptors (Lipinski definition) is 2. The maximum atomic E-state index is 12.0. The molecule has 1 aromatic rings. The molecule has 1 aromatic heterocycles. The van der Waals surface area contributed by atoms with E-state index in [0.717, 1.165) is 12.1 Å². The van der Waals surface area contributed by atoms with Gasteiger partial charge in [0.25, 0.3) is 0 Å². The smallest absolute Gasteiger partial charge is 0.292 e. The van der Waals surface area contributed by atoms with Gasteiger partial charge in [-0.3, -0.25) is 9.78 Å². The molecule has 0 aliphatic heterocycles. The first-order chi connectivity index (χ1) is 5.91. The summed E-state index contributed by atoms with van der Waals surface area (Å²) in [5.41, 5.74) is -0.953. The van der Waals surface area contributed by atoms with Crippen molar-refractivity contribution in [1.82, 2.24) is 4.98 Å². The molecular formula is C8H5F3NO. The minimum absolute atomic E-state index is 0.0759. The van der Waals surface area contributed by atoms with Crippen LogP contribution in [0.15, 0.2) is 18.3 Å². The van der Waals surface area contributed by atoms with Gasteiger partial charge in [-0.25, -0.2) is 0 Å². The number of hydrogen-bond donors (Lipinski definition) is 0. The molecule has 0 saturated heterocycles. The van der Waals surface area contributed by atoms with Gasteiger partial charge in [0, 0.05) is 13.1 Å². The van der Waals surface area contributed by atoms with Crippen LogP contribution in [0, 0.1) is 6.92 Å². The Hall–Kier alpha value is -1.39. The van der Waals surface area contributed by atoms with Gasteiger partial charge in [-0.05, 0) is 12.1 Å². The molecule has 0 fully saturated rings. The Morgan fingerprint density at radius 1 is 1.38 bits per heavy atom. The average Bonchev–Trinajstić information content (AvgIpc) is 2.03. The van der Waals surface area contributed by atoms with Crippen LogP contribution in [-0.4, -0.2) is 10.8 Å². The van der Waals surface area contributed by atoms with Crippen molar-refractivity contribution in [2.75, 3.05) is 0 Å². The molecule has 1 radical (unpaired) electrons. The van der Waals surface area contributed by atoms with Gasteiger partial charge >= 0.3 is 6.18 Å². The molecule has 0 N–H and O–H groups in total. The SMILES string of the molecule is [CH2]C(=O)c1ccc(C(F)(F)F)cn1. The zero-order valence-electron chi connectivity index (χ0n) is 6.43. The van der Waals surface area contributed by atoms with Crippen molar-refractivity contribution in [3.05, 3.63) is 36.5 Å². The number of carbonyl (C=O) groups is 1. The summed E-state index contributed by atoms with van der Waals surface area (Å²) in [5.74, 6) is -0.603. The van der Waals surface area contributed by atoms with Crippen molar-refractivity contribution in [2.45, 2.75) is 6.18 Å². The number of rotatable bonds is 1. The van der Waals surface area contributed by atoms with Crippen LogP contribution in [0.5, 0.6) is 0 Å². The highest BCUT2D eigenvalue weighted by Crippen LogP contribution is 2.28. The van der Waals surface area contributed by atoms with Crippen LogP contribution < -0.4 is 0 Å². The van der Waals surface area contributed by atoms with Crippen molar-refractivity contribution >= 4 is 5.78 Å². The third kappa shape index (κ3) is 2.27. The Balaban J connectivity index is 3.01. The highest BCUT2D eigenvalue weighted by molar-refractivity contribution is 5.97. The van der Waals surface area contributed by atoms with Gasteiger partial charge in [-0.1, -0.05) is 0 Å². The number of carbonyl (C=O) groups excluding carboxylic acids is 1. The van der Waals surface area contributed by atoms with Gasteiger partial charge in [-0.15, -0.1) is 0 Å². The van der Waals surface area contributed by atoms with Crippen LogP contribution in [0.4, 0.5) is 13.2 Å². The first kappa shape index (κ1) is 9.70. The van der Waals surface area contributed by atoms with E-state index in [1.54, 1.807) is 0 Å². The van der Waals surface area contributed by atoms with Gasteiger partial charge in [0.15, 0.2) is 5.78 Å². The number of nitrogens with zero attached hydrogens (tertiary/aromatic N) is 1. The molecule has 0 atom stereocenters. The Bertz CT molecular complexity index is 315. The van der Waals surface area contributed by atoms with Gasteiger partial charge in [0.1, 0.15) is 5.69 Å². The highest BCUT2D eigenvalue weighted by Gasteiger charge is 2.30. The van der Waals surface area contributed by atoms with Crippen LogP contribution >= 0.6 is 0 Å². The van der Waals surface area contributed by atoms with E-state index >= 15 is 0 Å². The van der Waals surface area contributed by atoms with E-state index in [0.29, 0.717) is 6.20 Å². The summed E-state index contributed by atoms with van der Waals surface area (Å²) in [4.78, 5) is 13.9. The number of aromatic nitrogens is 1. The van der Waals surface area contributed by atoms with Gasteiger partial charge in [-0.2, -0.15) is 13.2 Å². The fourth-order valence-electron chi connectivity index (χ4n) is 0.726. The number of halogens is 3. The third-order valence-electron chi connectivity index (χ3n) is 1.38.